The minimum atomic E-state index is 0. The van der Waals surface area contributed by atoms with Crippen molar-refractivity contribution < 1.29 is 9.47 Å². The molecule has 9 heteroatoms. The van der Waals surface area contributed by atoms with E-state index in [0.29, 0.717) is 24.9 Å². The van der Waals surface area contributed by atoms with Crippen molar-refractivity contribution in [2.24, 2.45) is 4.99 Å². The maximum atomic E-state index is 5.68. The standard InChI is InChI=1S/C21H26N6O2.HI/c1-22-21(23-13-6-14-29-18-7-4-3-5-8-18)24-15-19-25-20(27-26-19)16-9-11-17(28-2)12-10-16;/h3-5,7-12H,6,13-15H2,1-2H3,(H2,22,23,24)(H,25,26,27);1H. The second-order valence-electron chi connectivity index (χ2n) is 6.20. The van der Waals surface area contributed by atoms with Gasteiger partial charge >= 0.3 is 0 Å². The third-order valence-corrected chi connectivity index (χ3v) is 4.15. The molecular weight excluding hydrogens is 495 g/mol. The number of halogens is 1. The predicted octanol–water partition coefficient (Wildman–Crippen LogP) is 3.23. The summed E-state index contributed by atoms with van der Waals surface area (Å²) in [5.74, 6) is 3.76. The molecule has 0 fully saturated rings. The quantitative estimate of drug-likeness (QED) is 0.173. The van der Waals surface area contributed by atoms with Crippen molar-refractivity contribution in [2.75, 3.05) is 27.3 Å². The highest BCUT2D eigenvalue weighted by molar-refractivity contribution is 14.0. The topological polar surface area (TPSA) is 96.5 Å². The smallest absolute Gasteiger partial charge is 0.191 e. The van der Waals surface area contributed by atoms with Crippen LogP contribution in [0.15, 0.2) is 59.6 Å². The molecule has 1 aromatic heterocycles. The van der Waals surface area contributed by atoms with E-state index < -0.39 is 0 Å². The molecular formula is C21H27IN6O2. The third kappa shape index (κ3) is 7.21. The Labute approximate surface area is 193 Å². The predicted molar refractivity (Wildman–Crippen MR) is 129 cm³/mol. The maximum Gasteiger partial charge on any atom is 0.191 e. The average molecular weight is 522 g/mol. The number of aliphatic imine (C=N–C) groups is 1. The number of ether oxygens (including phenoxy) is 2. The number of aromatic nitrogens is 3. The zero-order chi connectivity index (χ0) is 20.3. The molecule has 3 N–H and O–H groups in total. The van der Waals surface area contributed by atoms with Crippen LogP contribution in [0.1, 0.15) is 12.2 Å². The number of H-pyrrole nitrogens is 1. The van der Waals surface area contributed by atoms with Crippen LogP contribution < -0.4 is 20.1 Å². The summed E-state index contributed by atoms with van der Waals surface area (Å²) in [6.45, 7) is 1.88. The molecule has 3 rings (SSSR count). The first-order valence-electron chi connectivity index (χ1n) is 9.46. The molecule has 30 heavy (non-hydrogen) atoms. The lowest BCUT2D eigenvalue weighted by Crippen LogP contribution is -2.37. The maximum absolute atomic E-state index is 5.68. The number of methoxy groups -OCH3 is 1. The Bertz CT molecular complexity index is 899. The summed E-state index contributed by atoms with van der Waals surface area (Å²) in [6.07, 6.45) is 0.861. The molecule has 0 aliphatic rings. The fourth-order valence-electron chi connectivity index (χ4n) is 2.62. The van der Waals surface area contributed by atoms with Crippen LogP contribution in [-0.2, 0) is 6.54 Å². The lowest BCUT2D eigenvalue weighted by atomic mass is 10.2. The number of hydrogen-bond acceptors (Lipinski definition) is 5. The van der Waals surface area contributed by atoms with Gasteiger partial charge in [-0.25, -0.2) is 4.98 Å². The van der Waals surface area contributed by atoms with Crippen LogP contribution in [0.25, 0.3) is 11.4 Å². The van der Waals surface area contributed by atoms with Crippen molar-refractivity contribution in [3.05, 3.63) is 60.4 Å². The van der Waals surface area contributed by atoms with Crippen LogP contribution in [0, 0.1) is 0 Å². The average Bonchev–Trinajstić information content (AvgIpc) is 3.25. The van der Waals surface area contributed by atoms with Gasteiger partial charge in [0.1, 0.15) is 17.3 Å². The number of benzene rings is 2. The number of rotatable bonds is 9. The van der Waals surface area contributed by atoms with Crippen molar-refractivity contribution >= 4 is 29.9 Å². The van der Waals surface area contributed by atoms with Gasteiger partial charge in [0.05, 0.1) is 20.3 Å². The van der Waals surface area contributed by atoms with E-state index >= 15 is 0 Å². The van der Waals surface area contributed by atoms with E-state index in [0.717, 1.165) is 35.9 Å². The summed E-state index contributed by atoms with van der Waals surface area (Å²) in [7, 11) is 3.38. The molecule has 160 valence electrons. The monoisotopic (exact) mass is 522 g/mol. The van der Waals surface area contributed by atoms with Gasteiger partial charge in [-0.1, -0.05) is 18.2 Å². The Kier molecular flexibility index (Phi) is 9.92. The number of para-hydroxylation sites is 1. The highest BCUT2D eigenvalue weighted by atomic mass is 127. The Morgan fingerprint density at radius 1 is 1.03 bits per heavy atom. The molecule has 0 saturated carbocycles. The van der Waals surface area contributed by atoms with E-state index in [9.17, 15) is 0 Å². The van der Waals surface area contributed by atoms with E-state index in [2.05, 4.69) is 30.8 Å². The van der Waals surface area contributed by atoms with Crippen LogP contribution in [0.3, 0.4) is 0 Å². The van der Waals surface area contributed by atoms with Gasteiger partial charge in [0.25, 0.3) is 0 Å². The summed E-state index contributed by atoms with van der Waals surface area (Å²) in [5, 5.41) is 13.7. The molecule has 0 unspecified atom stereocenters. The van der Waals surface area contributed by atoms with E-state index in [1.807, 2.05) is 54.6 Å². The molecule has 0 radical (unpaired) electrons. The van der Waals surface area contributed by atoms with E-state index in [1.54, 1.807) is 14.2 Å². The zero-order valence-electron chi connectivity index (χ0n) is 17.1. The number of guanidine groups is 1. The molecule has 3 aromatic rings. The first-order valence-corrected chi connectivity index (χ1v) is 9.46. The van der Waals surface area contributed by atoms with Crippen LogP contribution in [0.4, 0.5) is 0 Å². The van der Waals surface area contributed by atoms with Gasteiger partial charge in [0, 0.05) is 19.2 Å². The summed E-state index contributed by atoms with van der Waals surface area (Å²) in [4.78, 5) is 8.73. The lowest BCUT2D eigenvalue weighted by molar-refractivity contribution is 0.311. The number of hydrogen-bond donors (Lipinski definition) is 3. The lowest BCUT2D eigenvalue weighted by Gasteiger charge is -2.11. The van der Waals surface area contributed by atoms with Gasteiger partial charge in [-0.3, -0.25) is 10.1 Å². The van der Waals surface area contributed by atoms with Gasteiger partial charge in [-0.2, -0.15) is 5.10 Å². The zero-order valence-corrected chi connectivity index (χ0v) is 19.4. The SMILES string of the molecule is CN=C(NCCCOc1ccccc1)NCc1nc(-c2ccc(OC)cc2)n[nH]1.I. The number of aromatic amines is 1. The van der Waals surface area contributed by atoms with Crippen LogP contribution in [-0.4, -0.2) is 48.5 Å². The molecule has 0 amide bonds. The Morgan fingerprint density at radius 3 is 2.50 bits per heavy atom. The molecule has 1 heterocycles. The first-order chi connectivity index (χ1) is 14.3. The minimum Gasteiger partial charge on any atom is -0.497 e. The fourth-order valence-corrected chi connectivity index (χ4v) is 2.62. The highest BCUT2D eigenvalue weighted by Gasteiger charge is 2.07. The minimum absolute atomic E-state index is 0. The summed E-state index contributed by atoms with van der Waals surface area (Å²) in [5.41, 5.74) is 0.925. The normalized spacial score (nSPS) is 10.8. The molecule has 2 aromatic carbocycles. The van der Waals surface area contributed by atoms with Crippen molar-refractivity contribution in [3.63, 3.8) is 0 Å². The number of nitrogens with zero attached hydrogens (tertiary/aromatic N) is 3. The van der Waals surface area contributed by atoms with Gasteiger partial charge in [-0.15, -0.1) is 24.0 Å². The van der Waals surface area contributed by atoms with Gasteiger partial charge in [0.15, 0.2) is 11.8 Å². The van der Waals surface area contributed by atoms with Crippen LogP contribution in [0.5, 0.6) is 11.5 Å². The molecule has 0 bridgehead atoms. The van der Waals surface area contributed by atoms with Crippen molar-refractivity contribution in [2.45, 2.75) is 13.0 Å². The fraction of sp³-hybridized carbons (Fsp3) is 0.286. The van der Waals surface area contributed by atoms with Crippen LogP contribution >= 0.6 is 24.0 Å². The van der Waals surface area contributed by atoms with Crippen molar-refractivity contribution in [1.29, 1.82) is 0 Å². The molecule has 0 aliphatic heterocycles. The van der Waals surface area contributed by atoms with Gasteiger partial charge in [0.2, 0.25) is 0 Å². The summed E-state index contributed by atoms with van der Waals surface area (Å²) in [6, 6.07) is 17.4. The van der Waals surface area contributed by atoms with E-state index in [-0.39, 0.29) is 24.0 Å². The Balaban J connectivity index is 0.00000320. The molecule has 0 aliphatic carbocycles. The van der Waals surface area contributed by atoms with Crippen molar-refractivity contribution in [3.8, 4) is 22.9 Å². The molecule has 8 nitrogen and oxygen atoms in total. The van der Waals surface area contributed by atoms with E-state index in [4.69, 9.17) is 9.47 Å². The molecule has 0 atom stereocenters. The van der Waals surface area contributed by atoms with Gasteiger partial charge in [-0.05, 0) is 42.8 Å². The Morgan fingerprint density at radius 2 is 1.80 bits per heavy atom. The van der Waals surface area contributed by atoms with E-state index in [1.165, 1.54) is 0 Å². The second-order valence-corrected chi connectivity index (χ2v) is 6.20. The summed E-state index contributed by atoms with van der Waals surface area (Å²) < 4.78 is 10.8. The number of nitrogens with one attached hydrogen (secondary N) is 3. The molecule has 0 spiro atoms. The van der Waals surface area contributed by atoms with Crippen molar-refractivity contribution in [1.82, 2.24) is 25.8 Å². The first kappa shape index (κ1) is 23.5. The Hall–Kier alpha value is -2.82. The largest absolute Gasteiger partial charge is 0.497 e. The summed E-state index contributed by atoms with van der Waals surface area (Å²) >= 11 is 0. The second kappa shape index (κ2) is 12.7. The highest BCUT2D eigenvalue weighted by Crippen LogP contribution is 2.18. The van der Waals surface area contributed by atoms with Crippen LogP contribution in [0.2, 0.25) is 0 Å². The van der Waals surface area contributed by atoms with Gasteiger partial charge < -0.3 is 20.1 Å². The third-order valence-electron chi connectivity index (χ3n) is 4.15. The molecule has 0 saturated heterocycles.